The van der Waals surface area contributed by atoms with Gasteiger partial charge < -0.3 is 10.6 Å². The Hall–Kier alpha value is -1.37. The molecule has 1 aliphatic heterocycles. The van der Waals surface area contributed by atoms with Crippen molar-refractivity contribution in [2.45, 2.75) is 24.6 Å². The number of thiazole rings is 1. The van der Waals surface area contributed by atoms with Gasteiger partial charge in [-0.05, 0) is 24.9 Å². The molecule has 0 spiro atoms. The smallest absolute Gasteiger partial charge is 0.270 e. The number of thioether (sulfide) groups is 1. The number of carbonyl (C=O) groups excluding carboxylic acids is 1. The normalized spacial score (nSPS) is 17.3. The van der Waals surface area contributed by atoms with Crippen LogP contribution in [0.4, 0.5) is 0 Å². The zero-order valence-electron chi connectivity index (χ0n) is 13.0. The number of rotatable bonds is 7. The minimum Gasteiger partial charge on any atom is -0.350 e. The van der Waals surface area contributed by atoms with E-state index in [2.05, 4.69) is 39.9 Å². The second-order valence-corrected chi connectivity index (χ2v) is 7.51. The molecule has 2 N–H and O–H groups in total. The topological polar surface area (TPSA) is 54.0 Å². The van der Waals surface area contributed by atoms with Crippen LogP contribution in [0, 0.1) is 0 Å². The van der Waals surface area contributed by atoms with E-state index in [1.54, 1.807) is 11.3 Å². The quantitative estimate of drug-likeness (QED) is 0.755. The van der Waals surface area contributed by atoms with Gasteiger partial charge in [0.15, 0.2) is 0 Å². The van der Waals surface area contributed by atoms with Gasteiger partial charge in [-0.2, -0.15) is 11.8 Å². The molecule has 1 atom stereocenters. The van der Waals surface area contributed by atoms with Crippen molar-refractivity contribution in [2.75, 3.05) is 18.8 Å². The van der Waals surface area contributed by atoms with E-state index in [0.717, 1.165) is 29.5 Å². The lowest BCUT2D eigenvalue weighted by atomic mass is 10.2. The molecular formula is C17H21N3OS2. The number of hydrogen-bond acceptors (Lipinski definition) is 5. The monoisotopic (exact) mass is 347 g/mol. The Morgan fingerprint density at radius 3 is 3.04 bits per heavy atom. The second kappa shape index (κ2) is 8.47. The number of aromatic nitrogens is 1. The van der Waals surface area contributed by atoms with Gasteiger partial charge in [-0.25, -0.2) is 4.98 Å². The van der Waals surface area contributed by atoms with E-state index in [9.17, 15) is 4.79 Å². The maximum Gasteiger partial charge on any atom is 0.270 e. The maximum atomic E-state index is 12.1. The molecule has 2 aromatic rings. The summed E-state index contributed by atoms with van der Waals surface area (Å²) in [5.74, 6) is 1.82. The second-order valence-electron chi connectivity index (χ2n) is 5.51. The molecule has 3 rings (SSSR count). The van der Waals surface area contributed by atoms with Gasteiger partial charge in [-0.3, -0.25) is 4.79 Å². The maximum absolute atomic E-state index is 12.1. The van der Waals surface area contributed by atoms with E-state index >= 15 is 0 Å². The van der Waals surface area contributed by atoms with Gasteiger partial charge in [0.1, 0.15) is 10.7 Å². The minimum absolute atomic E-state index is 0.0641. The van der Waals surface area contributed by atoms with Crippen molar-refractivity contribution < 1.29 is 4.79 Å². The summed E-state index contributed by atoms with van der Waals surface area (Å²) in [4.78, 5) is 16.6. The molecule has 0 bridgehead atoms. The lowest BCUT2D eigenvalue weighted by molar-refractivity contribution is 0.0951. The van der Waals surface area contributed by atoms with Crippen LogP contribution in [0.1, 0.15) is 39.9 Å². The van der Waals surface area contributed by atoms with E-state index in [4.69, 9.17) is 0 Å². The molecule has 0 radical (unpaired) electrons. The Balaban J connectivity index is 1.37. The van der Waals surface area contributed by atoms with E-state index in [0.29, 0.717) is 18.3 Å². The summed E-state index contributed by atoms with van der Waals surface area (Å²) in [6, 6.07) is 10.7. The van der Waals surface area contributed by atoms with Crippen molar-refractivity contribution in [1.82, 2.24) is 15.6 Å². The molecule has 1 aliphatic rings. The third-order valence-corrected chi connectivity index (χ3v) is 5.75. The van der Waals surface area contributed by atoms with Crippen LogP contribution in [-0.2, 0) is 5.75 Å². The van der Waals surface area contributed by atoms with Gasteiger partial charge in [0, 0.05) is 23.4 Å². The molecule has 1 aromatic heterocycles. The number of carbonyl (C=O) groups is 1. The van der Waals surface area contributed by atoms with Crippen molar-refractivity contribution in [3.05, 3.63) is 52.0 Å². The fourth-order valence-corrected chi connectivity index (χ4v) is 4.27. The SMILES string of the molecule is O=C(NCCSCc1ccccc1)c1csc(C2CCCN2)n1. The summed E-state index contributed by atoms with van der Waals surface area (Å²) in [5, 5.41) is 9.26. The average Bonchev–Trinajstić information content (AvgIpc) is 3.26. The highest BCUT2D eigenvalue weighted by atomic mass is 32.2. The lowest BCUT2D eigenvalue weighted by Crippen LogP contribution is -2.26. The van der Waals surface area contributed by atoms with Crippen molar-refractivity contribution >= 4 is 29.0 Å². The number of hydrogen-bond donors (Lipinski definition) is 2. The first-order chi connectivity index (χ1) is 11.3. The van der Waals surface area contributed by atoms with Gasteiger partial charge in [-0.1, -0.05) is 30.3 Å². The number of amides is 1. The molecule has 1 amide bonds. The van der Waals surface area contributed by atoms with Crippen molar-refractivity contribution in [1.29, 1.82) is 0 Å². The molecule has 2 heterocycles. The van der Waals surface area contributed by atoms with E-state index in [-0.39, 0.29) is 5.91 Å². The molecular weight excluding hydrogens is 326 g/mol. The van der Waals surface area contributed by atoms with Crippen molar-refractivity contribution in [3.8, 4) is 0 Å². The van der Waals surface area contributed by atoms with Crippen LogP contribution in [0.25, 0.3) is 0 Å². The average molecular weight is 348 g/mol. The third kappa shape index (κ3) is 4.80. The molecule has 1 fully saturated rings. The summed E-state index contributed by atoms with van der Waals surface area (Å²) in [7, 11) is 0. The highest BCUT2D eigenvalue weighted by Gasteiger charge is 2.20. The van der Waals surface area contributed by atoms with Gasteiger partial charge in [-0.15, -0.1) is 11.3 Å². The molecule has 0 aliphatic carbocycles. The van der Waals surface area contributed by atoms with Crippen molar-refractivity contribution in [3.63, 3.8) is 0 Å². The van der Waals surface area contributed by atoms with Gasteiger partial charge in [0.2, 0.25) is 0 Å². The van der Waals surface area contributed by atoms with Crippen LogP contribution in [0.15, 0.2) is 35.7 Å². The minimum atomic E-state index is -0.0641. The molecule has 122 valence electrons. The molecule has 4 nitrogen and oxygen atoms in total. The Bertz CT molecular complexity index is 624. The predicted octanol–water partition coefficient (Wildman–Crippen LogP) is 3.23. The summed E-state index contributed by atoms with van der Waals surface area (Å²) in [5.41, 5.74) is 1.86. The van der Waals surface area contributed by atoms with E-state index in [1.807, 2.05) is 23.2 Å². The largest absolute Gasteiger partial charge is 0.350 e. The molecule has 1 saturated heterocycles. The van der Waals surface area contributed by atoms with Crippen LogP contribution in [0.3, 0.4) is 0 Å². The van der Waals surface area contributed by atoms with E-state index < -0.39 is 0 Å². The first kappa shape index (κ1) is 16.5. The summed E-state index contributed by atoms with van der Waals surface area (Å²) < 4.78 is 0. The highest BCUT2D eigenvalue weighted by Crippen LogP contribution is 2.25. The lowest BCUT2D eigenvalue weighted by Gasteiger charge is -2.05. The van der Waals surface area contributed by atoms with Crippen LogP contribution >= 0.6 is 23.1 Å². The van der Waals surface area contributed by atoms with E-state index in [1.165, 1.54) is 12.0 Å². The predicted molar refractivity (Wildman–Crippen MR) is 97.0 cm³/mol. The first-order valence-electron chi connectivity index (χ1n) is 7.91. The molecule has 1 unspecified atom stereocenters. The summed E-state index contributed by atoms with van der Waals surface area (Å²) >= 11 is 3.40. The van der Waals surface area contributed by atoms with Crippen LogP contribution in [-0.4, -0.2) is 29.7 Å². The zero-order valence-corrected chi connectivity index (χ0v) is 14.6. The van der Waals surface area contributed by atoms with Gasteiger partial charge >= 0.3 is 0 Å². The number of nitrogens with one attached hydrogen (secondary N) is 2. The Labute approximate surface area is 145 Å². The standard InChI is InChI=1S/C17H21N3OS2/c21-16(15-12-23-17(20-15)14-7-4-8-18-14)19-9-10-22-11-13-5-2-1-3-6-13/h1-3,5-6,12,14,18H,4,7-11H2,(H,19,21). The molecule has 6 heteroatoms. The third-order valence-electron chi connectivity index (χ3n) is 3.76. The summed E-state index contributed by atoms with van der Waals surface area (Å²) in [6.45, 7) is 1.72. The van der Waals surface area contributed by atoms with Gasteiger partial charge in [0.05, 0.1) is 6.04 Å². The van der Waals surface area contributed by atoms with Crippen molar-refractivity contribution in [2.24, 2.45) is 0 Å². The Morgan fingerprint density at radius 1 is 1.39 bits per heavy atom. The number of nitrogens with zero attached hydrogens (tertiary/aromatic N) is 1. The Kier molecular flexibility index (Phi) is 6.07. The molecule has 23 heavy (non-hydrogen) atoms. The van der Waals surface area contributed by atoms with Gasteiger partial charge in [0.25, 0.3) is 5.91 Å². The Morgan fingerprint density at radius 2 is 2.26 bits per heavy atom. The number of benzene rings is 1. The van der Waals surface area contributed by atoms with Crippen LogP contribution in [0.2, 0.25) is 0 Å². The fraction of sp³-hybridized carbons (Fsp3) is 0.412. The summed E-state index contributed by atoms with van der Waals surface area (Å²) in [6.07, 6.45) is 2.30. The zero-order chi connectivity index (χ0) is 15.9. The van der Waals surface area contributed by atoms with Crippen LogP contribution in [0.5, 0.6) is 0 Å². The molecule has 0 saturated carbocycles. The molecule has 1 aromatic carbocycles. The fourth-order valence-electron chi connectivity index (χ4n) is 2.54. The highest BCUT2D eigenvalue weighted by molar-refractivity contribution is 7.98. The first-order valence-corrected chi connectivity index (χ1v) is 9.95. The van der Waals surface area contributed by atoms with Crippen LogP contribution < -0.4 is 10.6 Å².